The number of hydrogen-bond donors (Lipinski definition) is 0. The number of hydroxylamine groups is 2. The van der Waals surface area contributed by atoms with Gasteiger partial charge in [-0.1, -0.05) is 29.5 Å². The van der Waals surface area contributed by atoms with Crippen LogP contribution in [0.5, 0.6) is 0 Å². The number of carbonyl (C=O) groups excluding carboxylic acids is 3. The Morgan fingerprint density at radius 3 is 2.69 bits per heavy atom. The summed E-state index contributed by atoms with van der Waals surface area (Å²) in [5.41, 5.74) is 0. The van der Waals surface area contributed by atoms with E-state index in [0.29, 0.717) is 5.06 Å². The van der Waals surface area contributed by atoms with Crippen molar-refractivity contribution in [2.75, 3.05) is 4.43 Å². The fraction of sp³-hybridized carbons (Fsp3) is 0.571. The Morgan fingerprint density at radius 2 is 2.31 bits per heavy atom. The lowest BCUT2D eigenvalue weighted by molar-refractivity contribution is -0.195. The molecule has 0 radical (unpaired) electrons. The highest BCUT2D eigenvalue weighted by atomic mass is 127. The predicted molar refractivity (Wildman–Crippen MR) is 50.6 cm³/mol. The largest absolute Gasteiger partial charge is 0.342 e. The Kier molecular flexibility index (Phi) is 3.23. The minimum Gasteiger partial charge on any atom is -0.329 e. The van der Waals surface area contributed by atoms with Gasteiger partial charge < -0.3 is 4.84 Å². The molecular weight excluding hydrogens is 289 g/mol. The van der Waals surface area contributed by atoms with E-state index in [1.54, 1.807) is 29.5 Å². The molecule has 2 amide bonds. The van der Waals surface area contributed by atoms with Gasteiger partial charge >= 0.3 is 5.97 Å². The van der Waals surface area contributed by atoms with Crippen molar-refractivity contribution in [2.45, 2.75) is 13.3 Å². The van der Waals surface area contributed by atoms with Crippen molar-refractivity contribution in [3.8, 4) is 0 Å². The Balaban J connectivity index is 2.64. The molecule has 1 fully saturated rings. The fourth-order valence-electron chi connectivity index (χ4n) is 0.977. The lowest BCUT2D eigenvalue weighted by Gasteiger charge is -2.11. The van der Waals surface area contributed by atoms with Crippen LogP contribution in [0.2, 0.25) is 0 Å². The van der Waals surface area contributed by atoms with Gasteiger partial charge in [-0.2, -0.15) is 0 Å². The molecule has 13 heavy (non-hydrogen) atoms. The fourth-order valence-corrected chi connectivity index (χ4v) is 1.12. The summed E-state index contributed by atoms with van der Waals surface area (Å²) in [6, 6.07) is 0. The normalized spacial score (nSPS) is 22.3. The van der Waals surface area contributed by atoms with Crippen LogP contribution in [0, 0.1) is 5.92 Å². The van der Waals surface area contributed by atoms with Crippen molar-refractivity contribution in [1.82, 2.24) is 5.06 Å². The van der Waals surface area contributed by atoms with Gasteiger partial charge in [0.05, 0.1) is 0 Å². The van der Waals surface area contributed by atoms with E-state index < -0.39 is 17.8 Å². The maximum absolute atomic E-state index is 11.2. The first-order valence-electron chi connectivity index (χ1n) is 3.69. The summed E-state index contributed by atoms with van der Waals surface area (Å²) in [5.74, 6) is -1.86. The maximum Gasteiger partial charge on any atom is 0.342 e. The second kappa shape index (κ2) is 4.03. The van der Waals surface area contributed by atoms with Crippen LogP contribution < -0.4 is 0 Å². The molecule has 1 aliphatic heterocycles. The number of amides is 2. The molecule has 1 rings (SSSR count). The highest BCUT2D eigenvalue weighted by Gasteiger charge is 2.38. The van der Waals surface area contributed by atoms with Crippen LogP contribution in [0.4, 0.5) is 0 Å². The number of carbonyl (C=O) groups is 3. The Morgan fingerprint density at radius 1 is 1.69 bits per heavy atom. The van der Waals surface area contributed by atoms with Crippen LogP contribution in [0.25, 0.3) is 0 Å². The molecule has 0 spiro atoms. The van der Waals surface area contributed by atoms with E-state index >= 15 is 0 Å². The molecule has 0 aromatic rings. The van der Waals surface area contributed by atoms with Gasteiger partial charge in [0.2, 0.25) is 0 Å². The quantitative estimate of drug-likeness (QED) is 0.417. The van der Waals surface area contributed by atoms with Crippen LogP contribution >= 0.6 is 22.6 Å². The Hall–Kier alpha value is -0.660. The number of alkyl halides is 1. The molecule has 0 N–H and O–H groups in total. The Labute approximate surface area is 88.5 Å². The molecule has 1 heterocycles. The van der Waals surface area contributed by atoms with Gasteiger partial charge in [0.15, 0.2) is 0 Å². The zero-order chi connectivity index (χ0) is 10.0. The van der Waals surface area contributed by atoms with Gasteiger partial charge in [0.25, 0.3) is 11.8 Å². The number of imide groups is 1. The van der Waals surface area contributed by atoms with Crippen LogP contribution in [-0.2, 0) is 19.2 Å². The van der Waals surface area contributed by atoms with Gasteiger partial charge in [0.1, 0.15) is 4.43 Å². The van der Waals surface area contributed by atoms with E-state index in [0.717, 1.165) is 0 Å². The van der Waals surface area contributed by atoms with Crippen molar-refractivity contribution >= 4 is 40.4 Å². The molecule has 1 saturated heterocycles. The van der Waals surface area contributed by atoms with Crippen molar-refractivity contribution in [2.24, 2.45) is 5.92 Å². The SMILES string of the molecule is CC1CC(=O)N(OC(=O)CI)C1=O. The van der Waals surface area contributed by atoms with E-state index in [4.69, 9.17) is 0 Å². The monoisotopic (exact) mass is 297 g/mol. The molecular formula is C7H8INO4. The highest BCUT2D eigenvalue weighted by Crippen LogP contribution is 2.18. The minimum absolute atomic E-state index is 0.114. The summed E-state index contributed by atoms with van der Waals surface area (Å²) < 4.78 is 0.114. The van der Waals surface area contributed by atoms with E-state index in [1.807, 2.05) is 0 Å². The summed E-state index contributed by atoms with van der Waals surface area (Å²) in [7, 11) is 0. The molecule has 0 aliphatic carbocycles. The third kappa shape index (κ3) is 2.17. The van der Waals surface area contributed by atoms with Gasteiger partial charge in [0, 0.05) is 12.3 Å². The third-order valence-corrected chi connectivity index (χ3v) is 2.25. The number of hydrogen-bond acceptors (Lipinski definition) is 4. The van der Waals surface area contributed by atoms with Gasteiger partial charge in [-0.25, -0.2) is 4.79 Å². The molecule has 1 unspecified atom stereocenters. The topological polar surface area (TPSA) is 63.7 Å². The summed E-state index contributed by atoms with van der Waals surface area (Å²) in [6.07, 6.45) is 0.118. The first-order valence-corrected chi connectivity index (χ1v) is 5.22. The molecule has 72 valence electrons. The van der Waals surface area contributed by atoms with E-state index in [1.165, 1.54) is 0 Å². The second-order valence-electron chi connectivity index (χ2n) is 2.73. The van der Waals surface area contributed by atoms with Crippen LogP contribution in [-0.4, -0.2) is 27.3 Å². The maximum atomic E-state index is 11.2. The number of nitrogens with zero attached hydrogens (tertiary/aromatic N) is 1. The molecule has 1 aliphatic rings. The zero-order valence-electron chi connectivity index (χ0n) is 6.95. The lowest BCUT2D eigenvalue weighted by atomic mass is 10.1. The number of halogens is 1. The van der Waals surface area contributed by atoms with Crippen molar-refractivity contribution in [1.29, 1.82) is 0 Å². The average molecular weight is 297 g/mol. The van der Waals surface area contributed by atoms with Crippen molar-refractivity contribution in [3.05, 3.63) is 0 Å². The molecule has 1 atom stereocenters. The minimum atomic E-state index is -0.587. The van der Waals surface area contributed by atoms with Crippen molar-refractivity contribution < 1.29 is 19.2 Å². The standard InChI is InChI=1S/C7H8INO4/c1-4-2-5(10)9(7(4)12)13-6(11)3-8/h4H,2-3H2,1H3. The van der Waals surface area contributed by atoms with Gasteiger partial charge in [-0.15, -0.1) is 5.06 Å². The zero-order valence-corrected chi connectivity index (χ0v) is 9.11. The predicted octanol–water partition coefficient (Wildman–Crippen LogP) is 0.275. The summed E-state index contributed by atoms with van der Waals surface area (Å²) >= 11 is 1.80. The first kappa shape index (κ1) is 10.4. The second-order valence-corrected chi connectivity index (χ2v) is 3.49. The Bertz CT molecular complexity index is 265. The van der Waals surface area contributed by atoms with E-state index in [-0.39, 0.29) is 16.8 Å². The molecule has 0 bridgehead atoms. The molecule has 0 aromatic heterocycles. The third-order valence-electron chi connectivity index (χ3n) is 1.63. The van der Waals surface area contributed by atoms with Crippen LogP contribution in [0.1, 0.15) is 13.3 Å². The molecule has 6 heteroatoms. The van der Waals surface area contributed by atoms with E-state index in [9.17, 15) is 14.4 Å². The van der Waals surface area contributed by atoms with Crippen LogP contribution in [0.15, 0.2) is 0 Å². The van der Waals surface area contributed by atoms with Crippen molar-refractivity contribution in [3.63, 3.8) is 0 Å². The highest BCUT2D eigenvalue weighted by molar-refractivity contribution is 14.1. The lowest BCUT2D eigenvalue weighted by Crippen LogP contribution is -2.33. The van der Waals surface area contributed by atoms with E-state index in [2.05, 4.69) is 4.84 Å². The smallest absolute Gasteiger partial charge is 0.329 e. The molecule has 5 nitrogen and oxygen atoms in total. The summed E-state index contributed by atoms with van der Waals surface area (Å²) in [6.45, 7) is 1.62. The molecule has 0 saturated carbocycles. The summed E-state index contributed by atoms with van der Waals surface area (Å²) in [5, 5.41) is 0.561. The van der Waals surface area contributed by atoms with Crippen LogP contribution in [0.3, 0.4) is 0 Å². The average Bonchev–Trinajstić information content (AvgIpc) is 2.32. The van der Waals surface area contributed by atoms with Gasteiger partial charge in [-0.3, -0.25) is 9.59 Å². The van der Waals surface area contributed by atoms with Gasteiger partial charge in [-0.05, 0) is 0 Å². The molecule has 0 aromatic carbocycles. The summed E-state index contributed by atoms with van der Waals surface area (Å²) in [4.78, 5) is 37.6. The first-order chi connectivity index (χ1) is 6.06. The number of rotatable bonds is 2.